The van der Waals surface area contributed by atoms with Crippen LogP contribution in [0.25, 0.3) is 0 Å². The van der Waals surface area contributed by atoms with Crippen molar-refractivity contribution in [2.24, 2.45) is 0 Å². The van der Waals surface area contributed by atoms with E-state index in [1.54, 1.807) is 12.1 Å². The predicted molar refractivity (Wildman–Crippen MR) is 89.6 cm³/mol. The number of carbonyl (C=O) groups is 1. The van der Waals surface area contributed by atoms with E-state index in [1.807, 2.05) is 6.92 Å². The largest absolute Gasteiger partial charge is 0.484 e. The summed E-state index contributed by atoms with van der Waals surface area (Å²) in [5.41, 5.74) is 0.801. The molecule has 1 atom stereocenters. The average Bonchev–Trinajstić information content (AvgIpc) is 2.81. The molecule has 1 aromatic rings. The minimum absolute atomic E-state index is 0.149. The van der Waals surface area contributed by atoms with E-state index < -0.39 is 12.8 Å². The molecule has 0 aromatic heterocycles. The van der Waals surface area contributed by atoms with E-state index in [0.29, 0.717) is 0 Å². The van der Waals surface area contributed by atoms with Crippen molar-refractivity contribution < 1.29 is 22.7 Å². The number of halogens is 3. The summed E-state index contributed by atoms with van der Waals surface area (Å²) in [7, 11) is 0. The van der Waals surface area contributed by atoms with Gasteiger partial charge in [0.2, 0.25) is 0 Å². The van der Waals surface area contributed by atoms with E-state index in [9.17, 15) is 18.0 Å². The molecule has 0 radical (unpaired) electrons. The second-order valence-corrected chi connectivity index (χ2v) is 6.50. The lowest BCUT2D eigenvalue weighted by atomic mass is 10.1. The van der Waals surface area contributed by atoms with Gasteiger partial charge in [-0.1, -0.05) is 37.8 Å². The molecule has 1 aliphatic carbocycles. The van der Waals surface area contributed by atoms with Crippen molar-refractivity contribution in [3.63, 3.8) is 0 Å². The number of amides is 2. The summed E-state index contributed by atoms with van der Waals surface area (Å²) in [5.74, 6) is 0.149. The summed E-state index contributed by atoms with van der Waals surface area (Å²) in [4.78, 5) is 12.1. The van der Waals surface area contributed by atoms with Crippen LogP contribution in [0.1, 0.15) is 57.1 Å². The average molecular weight is 358 g/mol. The molecule has 1 aliphatic rings. The number of hydrogen-bond donors (Lipinski definition) is 2. The van der Waals surface area contributed by atoms with Crippen molar-refractivity contribution in [3.05, 3.63) is 29.8 Å². The van der Waals surface area contributed by atoms with E-state index in [2.05, 4.69) is 15.4 Å². The molecule has 1 saturated carbocycles. The number of carbonyl (C=O) groups excluding carboxylic acids is 1. The highest BCUT2D eigenvalue weighted by Crippen LogP contribution is 2.21. The summed E-state index contributed by atoms with van der Waals surface area (Å²) in [6, 6.07) is 6.02. The Bertz CT molecular complexity index is 538. The zero-order chi connectivity index (χ0) is 18.3. The first-order valence-corrected chi connectivity index (χ1v) is 8.70. The van der Waals surface area contributed by atoms with Gasteiger partial charge >= 0.3 is 12.2 Å². The molecule has 0 aliphatic heterocycles. The topological polar surface area (TPSA) is 50.4 Å². The molecule has 0 spiro atoms. The van der Waals surface area contributed by atoms with Crippen LogP contribution in [0.4, 0.5) is 18.0 Å². The zero-order valence-electron chi connectivity index (χ0n) is 14.4. The van der Waals surface area contributed by atoms with Gasteiger partial charge in [0.25, 0.3) is 0 Å². The second-order valence-electron chi connectivity index (χ2n) is 6.50. The van der Waals surface area contributed by atoms with Crippen molar-refractivity contribution >= 4 is 6.03 Å². The van der Waals surface area contributed by atoms with Gasteiger partial charge in [0.05, 0.1) is 6.04 Å². The van der Waals surface area contributed by atoms with Gasteiger partial charge in [-0.3, -0.25) is 0 Å². The third-order valence-electron chi connectivity index (χ3n) is 4.32. The van der Waals surface area contributed by atoms with Crippen LogP contribution in [0, 0.1) is 0 Å². The van der Waals surface area contributed by atoms with Gasteiger partial charge < -0.3 is 15.4 Å². The summed E-state index contributed by atoms with van der Waals surface area (Å²) >= 11 is 0. The van der Waals surface area contributed by atoms with Crippen LogP contribution in [0.5, 0.6) is 5.75 Å². The van der Waals surface area contributed by atoms with Gasteiger partial charge in [-0.05, 0) is 37.5 Å². The van der Waals surface area contributed by atoms with E-state index >= 15 is 0 Å². The summed E-state index contributed by atoms with van der Waals surface area (Å²) in [6.45, 7) is 0.516. The fourth-order valence-electron chi connectivity index (χ4n) is 2.95. The molecule has 7 heteroatoms. The number of benzene rings is 1. The van der Waals surface area contributed by atoms with E-state index in [-0.39, 0.29) is 23.9 Å². The number of rotatable bonds is 5. The van der Waals surface area contributed by atoms with Crippen molar-refractivity contribution in [3.8, 4) is 5.75 Å². The Kier molecular flexibility index (Phi) is 6.96. The van der Waals surface area contributed by atoms with Crippen LogP contribution >= 0.6 is 0 Å². The second kappa shape index (κ2) is 8.97. The minimum Gasteiger partial charge on any atom is -0.484 e. The Morgan fingerprint density at radius 3 is 2.32 bits per heavy atom. The zero-order valence-corrected chi connectivity index (χ0v) is 14.4. The predicted octanol–water partition coefficient (Wildman–Crippen LogP) is 4.71. The Morgan fingerprint density at radius 1 is 1.16 bits per heavy atom. The molecule has 0 bridgehead atoms. The van der Waals surface area contributed by atoms with E-state index in [0.717, 1.165) is 31.2 Å². The van der Waals surface area contributed by atoms with Gasteiger partial charge in [0.1, 0.15) is 5.75 Å². The number of ether oxygens (including phenoxy) is 1. The van der Waals surface area contributed by atoms with Crippen LogP contribution in [0.15, 0.2) is 24.3 Å². The van der Waals surface area contributed by atoms with Gasteiger partial charge in [-0.2, -0.15) is 13.2 Å². The number of hydrogen-bond acceptors (Lipinski definition) is 2. The highest BCUT2D eigenvalue weighted by Gasteiger charge is 2.28. The number of urea groups is 1. The quantitative estimate of drug-likeness (QED) is 0.749. The monoisotopic (exact) mass is 358 g/mol. The van der Waals surface area contributed by atoms with Crippen LogP contribution in [0.3, 0.4) is 0 Å². The maximum absolute atomic E-state index is 12.1. The lowest BCUT2D eigenvalue weighted by Crippen LogP contribution is -2.42. The Hall–Kier alpha value is -1.92. The van der Waals surface area contributed by atoms with Crippen LogP contribution < -0.4 is 15.4 Å². The molecule has 1 unspecified atom stereocenters. The smallest absolute Gasteiger partial charge is 0.422 e. The standard InChI is InChI=1S/C18H25F3N2O2/c1-13(22-17(24)23-15-6-4-2-3-5-7-15)14-8-10-16(11-9-14)25-12-18(19,20)21/h8-11,13,15H,2-7,12H2,1H3,(H2,22,23,24). The molecule has 1 fully saturated rings. The summed E-state index contributed by atoms with van der Waals surface area (Å²) < 4.78 is 41.1. The molecular weight excluding hydrogens is 333 g/mol. The van der Waals surface area contributed by atoms with Crippen molar-refractivity contribution in [1.29, 1.82) is 0 Å². The van der Waals surface area contributed by atoms with Gasteiger partial charge in [-0.15, -0.1) is 0 Å². The molecule has 2 amide bonds. The highest BCUT2D eigenvalue weighted by atomic mass is 19.4. The molecule has 0 saturated heterocycles. The molecule has 2 rings (SSSR count). The number of nitrogens with one attached hydrogen (secondary N) is 2. The molecule has 2 N–H and O–H groups in total. The minimum atomic E-state index is -4.36. The first-order chi connectivity index (χ1) is 11.8. The first-order valence-electron chi connectivity index (χ1n) is 8.70. The molecule has 4 nitrogen and oxygen atoms in total. The fourth-order valence-corrected chi connectivity index (χ4v) is 2.95. The Balaban J connectivity index is 1.81. The van der Waals surface area contributed by atoms with Crippen LogP contribution in [0.2, 0.25) is 0 Å². The normalized spacial score (nSPS) is 17.4. The Labute approximate surface area is 146 Å². The van der Waals surface area contributed by atoms with Gasteiger partial charge in [0.15, 0.2) is 6.61 Å². The van der Waals surface area contributed by atoms with Crippen molar-refractivity contribution in [1.82, 2.24) is 10.6 Å². The lowest BCUT2D eigenvalue weighted by molar-refractivity contribution is -0.153. The van der Waals surface area contributed by atoms with Crippen molar-refractivity contribution in [2.45, 2.75) is 63.7 Å². The van der Waals surface area contributed by atoms with Gasteiger partial charge in [-0.25, -0.2) is 4.79 Å². The highest BCUT2D eigenvalue weighted by molar-refractivity contribution is 5.74. The van der Waals surface area contributed by atoms with Gasteiger partial charge in [0, 0.05) is 6.04 Å². The lowest BCUT2D eigenvalue weighted by Gasteiger charge is -2.20. The third kappa shape index (κ3) is 7.23. The van der Waals surface area contributed by atoms with Crippen LogP contribution in [-0.2, 0) is 0 Å². The first kappa shape index (κ1) is 19.4. The Morgan fingerprint density at radius 2 is 1.76 bits per heavy atom. The van der Waals surface area contributed by atoms with E-state index in [4.69, 9.17) is 0 Å². The molecular formula is C18H25F3N2O2. The maximum Gasteiger partial charge on any atom is 0.422 e. The SMILES string of the molecule is CC(NC(=O)NC1CCCCCC1)c1ccc(OCC(F)(F)F)cc1. The van der Waals surface area contributed by atoms with Crippen molar-refractivity contribution in [2.75, 3.05) is 6.61 Å². The third-order valence-corrected chi connectivity index (χ3v) is 4.32. The fraction of sp³-hybridized carbons (Fsp3) is 0.611. The maximum atomic E-state index is 12.1. The molecule has 1 aromatic carbocycles. The molecule has 140 valence electrons. The van der Waals surface area contributed by atoms with E-state index in [1.165, 1.54) is 25.0 Å². The summed E-state index contributed by atoms with van der Waals surface area (Å²) in [5, 5.41) is 5.88. The molecule has 25 heavy (non-hydrogen) atoms. The number of alkyl halides is 3. The van der Waals surface area contributed by atoms with Crippen LogP contribution in [-0.4, -0.2) is 24.9 Å². The summed E-state index contributed by atoms with van der Waals surface area (Å²) in [6.07, 6.45) is 2.38. The molecule has 0 heterocycles.